The first kappa shape index (κ1) is 27.0. The Bertz CT molecular complexity index is 969. The molecule has 0 radical (unpaired) electrons. The van der Waals surface area contributed by atoms with E-state index in [2.05, 4.69) is 49.9 Å². The third-order valence-electron chi connectivity index (χ3n) is 7.56. The summed E-state index contributed by atoms with van der Waals surface area (Å²) in [7, 11) is 0. The fraction of sp³-hybridized carbons (Fsp3) is 0.552. The molecule has 0 aliphatic carbocycles. The zero-order valence-electron chi connectivity index (χ0n) is 21.2. The second kappa shape index (κ2) is 11.0. The third kappa shape index (κ3) is 6.17. The quantitative estimate of drug-likeness (QED) is 0.374. The van der Waals surface area contributed by atoms with Crippen LogP contribution in [0, 0.1) is 5.41 Å². The molecule has 1 aliphatic rings. The summed E-state index contributed by atoms with van der Waals surface area (Å²) in [5.74, 6) is 0.342. The van der Waals surface area contributed by atoms with Crippen molar-refractivity contribution in [3.8, 4) is 0 Å². The Morgan fingerprint density at radius 2 is 1.76 bits per heavy atom. The summed E-state index contributed by atoms with van der Waals surface area (Å²) in [6.45, 7) is 10.1. The highest BCUT2D eigenvalue weighted by molar-refractivity contribution is 6.30. The maximum absolute atomic E-state index is 14.2. The van der Waals surface area contributed by atoms with Crippen LogP contribution < -0.4 is 0 Å². The summed E-state index contributed by atoms with van der Waals surface area (Å²) in [5.41, 5.74) is 1.11. The summed E-state index contributed by atoms with van der Waals surface area (Å²) in [6.07, 6.45) is 4.85. The van der Waals surface area contributed by atoms with Crippen molar-refractivity contribution in [2.45, 2.75) is 96.7 Å². The molecule has 1 heterocycles. The molecule has 5 heteroatoms. The van der Waals surface area contributed by atoms with Gasteiger partial charge in [-0.2, -0.15) is 0 Å². The molecule has 0 bridgehead atoms. The van der Waals surface area contributed by atoms with Gasteiger partial charge >= 0.3 is 0 Å². The predicted molar refractivity (Wildman–Crippen MR) is 142 cm³/mol. The summed E-state index contributed by atoms with van der Waals surface area (Å²) < 4.78 is 0. The minimum Gasteiger partial charge on any atom is -0.390 e. The summed E-state index contributed by atoms with van der Waals surface area (Å²) in [5, 5.41) is 11.7. The molecule has 3 unspecified atom stereocenters. The molecule has 3 rings (SSSR count). The molecule has 3 nitrogen and oxygen atoms in total. The van der Waals surface area contributed by atoms with Gasteiger partial charge in [-0.15, -0.1) is 0 Å². The van der Waals surface area contributed by atoms with Gasteiger partial charge in [0.1, 0.15) is 0 Å². The smallest absolute Gasteiger partial charge is 0.229 e. The van der Waals surface area contributed by atoms with E-state index in [9.17, 15) is 9.90 Å². The van der Waals surface area contributed by atoms with Crippen molar-refractivity contribution in [3.63, 3.8) is 0 Å². The van der Waals surface area contributed by atoms with Crippen LogP contribution in [0.2, 0.25) is 10.0 Å². The van der Waals surface area contributed by atoms with Gasteiger partial charge in [0.25, 0.3) is 0 Å². The van der Waals surface area contributed by atoms with Crippen molar-refractivity contribution in [2.75, 3.05) is 0 Å². The fourth-order valence-corrected chi connectivity index (χ4v) is 5.73. The lowest BCUT2D eigenvalue weighted by Gasteiger charge is -2.52. The van der Waals surface area contributed by atoms with E-state index in [1.165, 1.54) is 0 Å². The second-order valence-corrected chi connectivity index (χ2v) is 11.6. The number of halogens is 2. The lowest BCUT2D eigenvalue weighted by molar-refractivity contribution is -0.155. The van der Waals surface area contributed by atoms with Crippen LogP contribution in [0.3, 0.4) is 0 Å². The molecular formula is C29H39Cl2NO2. The molecule has 186 valence electrons. The molecule has 2 aromatic carbocycles. The van der Waals surface area contributed by atoms with Crippen LogP contribution in [0.15, 0.2) is 48.5 Å². The van der Waals surface area contributed by atoms with E-state index < -0.39 is 11.0 Å². The number of carbonyl (C=O) groups is 1. The van der Waals surface area contributed by atoms with Crippen LogP contribution in [0.4, 0.5) is 0 Å². The molecule has 0 spiro atoms. The van der Waals surface area contributed by atoms with Gasteiger partial charge in [0.2, 0.25) is 5.91 Å². The van der Waals surface area contributed by atoms with Gasteiger partial charge in [0.05, 0.1) is 11.6 Å². The number of rotatable bonds is 9. The Morgan fingerprint density at radius 1 is 1.09 bits per heavy atom. The zero-order valence-corrected chi connectivity index (χ0v) is 22.7. The third-order valence-corrected chi connectivity index (χ3v) is 8.05. The SMILES string of the molecule is CCC(CCCC(C)(C)O)N1C(=O)[C@@](C)(CC)CC(c2cccc(Cl)c2)C1c1ccc(Cl)cc1. The molecule has 1 N–H and O–H groups in total. The number of hydrogen-bond acceptors (Lipinski definition) is 2. The van der Waals surface area contributed by atoms with E-state index in [-0.39, 0.29) is 23.9 Å². The lowest BCUT2D eigenvalue weighted by Crippen LogP contribution is -2.55. The highest BCUT2D eigenvalue weighted by Crippen LogP contribution is 2.52. The van der Waals surface area contributed by atoms with E-state index in [4.69, 9.17) is 23.2 Å². The monoisotopic (exact) mass is 503 g/mol. The van der Waals surface area contributed by atoms with E-state index in [0.29, 0.717) is 16.5 Å². The van der Waals surface area contributed by atoms with E-state index in [0.717, 1.165) is 43.2 Å². The lowest BCUT2D eigenvalue weighted by atomic mass is 9.67. The van der Waals surface area contributed by atoms with Gasteiger partial charge in [-0.25, -0.2) is 0 Å². The highest BCUT2D eigenvalue weighted by atomic mass is 35.5. The van der Waals surface area contributed by atoms with Gasteiger partial charge in [-0.05, 0) is 87.8 Å². The number of carbonyl (C=O) groups excluding carboxylic acids is 1. The second-order valence-electron chi connectivity index (χ2n) is 10.8. The summed E-state index contributed by atoms with van der Waals surface area (Å²) in [6, 6.07) is 16.0. The van der Waals surface area contributed by atoms with Crippen molar-refractivity contribution in [1.82, 2.24) is 4.90 Å². The maximum Gasteiger partial charge on any atom is 0.229 e. The molecule has 1 amide bonds. The van der Waals surface area contributed by atoms with Crippen LogP contribution in [0.5, 0.6) is 0 Å². The standard InChI is InChI=1S/C29H39Cl2NO2/c1-6-24(12-9-17-28(3,4)34)32-26(20-13-15-22(30)16-14-20)25(19-29(5,7-2)27(32)33)21-10-8-11-23(31)18-21/h8,10-11,13-16,18,24-26,34H,6-7,9,12,17,19H2,1-5H3/t24?,25?,26?,29-/m0/s1. The Kier molecular flexibility index (Phi) is 8.76. The Labute approximate surface area is 215 Å². The Morgan fingerprint density at radius 3 is 2.32 bits per heavy atom. The number of piperidine rings is 1. The van der Waals surface area contributed by atoms with E-state index in [1.807, 2.05) is 38.1 Å². The van der Waals surface area contributed by atoms with Gasteiger partial charge < -0.3 is 10.0 Å². The van der Waals surface area contributed by atoms with Gasteiger partial charge in [-0.1, -0.05) is 68.2 Å². The molecule has 2 aromatic rings. The molecule has 4 atom stereocenters. The summed E-state index contributed by atoms with van der Waals surface area (Å²) in [4.78, 5) is 16.3. The van der Waals surface area contributed by atoms with Crippen LogP contribution in [-0.2, 0) is 4.79 Å². The van der Waals surface area contributed by atoms with Crippen molar-refractivity contribution >= 4 is 29.1 Å². The molecule has 1 aliphatic heterocycles. The normalized spacial score (nSPS) is 24.4. The first-order valence-corrected chi connectivity index (χ1v) is 13.3. The van der Waals surface area contributed by atoms with Gasteiger partial charge in [0, 0.05) is 27.4 Å². The average Bonchev–Trinajstić information content (AvgIpc) is 2.78. The molecule has 34 heavy (non-hydrogen) atoms. The number of likely N-dealkylation sites (tertiary alicyclic amines) is 1. The predicted octanol–water partition coefficient (Wildman–Crippen LogP) is 8.19. The topological polar surface area (TPSA) is 40.5 Å². The number of nitrogens with zero attached hydrogens (tertiary/aromatic N) is 1. The van der Waals surface area contributed by atoms with Crippen LogP contribution in [-0.4, -0.2) is 27.6 Å². The minimum absolute atomic E-state index is 0.0865. The number of amides is 1. The number of benzene rings is 2. The largest absolute Gasteiger partial charge is 0.390 e. The van der Waals surface area contributed by atoms with Crippen molar-refractivity contribution in [2.24, 2.45) is 5.41 Å². The van der Waals surface area contributed by atoms with Crippen LogP contribution >= 0.6 is 23.2 Å². The Balaban J connectivity index is 2.11. The maximum atomic E-state index is 14.2. The van der Waals surface area contributed by atoms with Crippen LogP contribution in [0.1, 0.15) is 96.2 Å². The van der Waals surface area contributed by atoms with Crippen molar-refractivity contribution in [1.29, 1.82) is 0 Å². The summed E-state index contributed by atoms with van der Waals surface area (Å²) >= 11 is 12.7. The van der Waals surface area contributed by atoms with Crippen molar-refractivity contribution < 1.29 is 9.90 Å². The fourth-order valence-electron chi connectivity index (χ4n) is 5.41. The number of aliphatic hydroxyl groups is 1. The molecule has 0 saturated carbocycles. The van der Waals surface area contributed by atoms with Crippen molar-refractivity contribution in [3.05, 3.63) is 69.7 Å². The molecule has 1 saturated heterocycles. The molecule has 0 aromatic heterocycles. The van der Waals surface area contributed by atoms with E-state index >= 15 is 0 Å². The first-order valence-electron chi connectivity index (χ1n) is 12.5. The first-order chi connectivity index (χ1) is 16.0. The van der Waals surface area contributed by atoms with Gasteiger partial charge in [0.15, 0.2) is 0 Å². The minimum atomic E-state index is -0.707. The molecule has 1 fully saturated rings. The average molecular weight is 505 g/mol. The van der Waals surface area contributed by atoms with E-state index in [1.54, 1.807) is 0 Å². The molecular weight excluding hydrogens is 465 g/mol. The highest BCUT2D eigenvalue weighted by Gasteiger charge is 2.50. The van der Waals surface area contributed by atoms with Crippen LogP contribution in [0.25, 0.3) is 0 Å². The number of hydrogen-bond donors (Lipinski definition) is 1. The Hall–Kier alpha value is -1.55. The zero-order chi connectivity index (χ0) is 25.1. The van der Waals surface area contributed by atoms with Gasteiger partial charge in [-0.3, -0.25) is 4.79 Å².